The van der Waals surface area contributed by atoms with Crippen LogP contribution in [0.5, 0.6) is 0 Å². The van der Waals surface area contributed by atoms with Crippen LogP contribution in [0.2, 0.25) is 0 Å². The number of nitrogens with one attached hydrogen (secondary N) is 2. The Morgan fingerprint density at radius 1 is 1.38 bits per heavy atom. The van der Waals surface area contributed by atoms with E-state index in [2.05, 4.69) is 10.6 Å². The number of anilines is 1. The average molecular weight is 365 g/mol. The van der Waals surface area contributed by atoms with E-state index in [1.165, 1.54) is 12.1 Å². The molecule has 0 aliphatic carbocycles. The Balaban J connectivity index is 1.75. The van der Waals surface area contributed by atoms with Crippen molar-refractivity contribution in [3.63, 3.8) is 0 Å². The Labute approximate surface area is 154 Å². The fourth-order valence-electron chi connectivity index (χ4n) is 3.17. The van der Waals surface area contributed by atoms with Crippen molar-refractivity contribution in [2.24, 2.45) is 5.92 Å². The molecule has 2 N–H and O–H groups in total. The quantitative estimate of drug-likeness (QED) is 0.730. The molecule has 0 radical (unpaired) electrons. The number of ether oxygens (including phenoxy) is 1. The van der Waals surface area contributed by atoms with Crippen LogP contribution < -0.4 is 10.6 Å². The molecule has 1 aliphatic rings. The van der Waals surface area contributed by atoms with Crippen LogP contribution in [0.4, 0.5) is 14.9 Å². The number of urea groups is 1. The molecule has 1 aliphatic heterocycles. The molecule has 0 unspecified atom stereocenters. The molecule has 1 aromatic rings. The fourth-order valence-corrected chi connectivity index (χ4v) is 3.17. The second-order valence-corrected chi connectivity index (χ2v) is 6.73. The molecule has 1 heterocycles. The van der Waals surface area contributed by atoms with Crippen molar-refractivity contribution in [3.8, 4) is 0 Å². The molecule has 1 aromatic carbocycles. The van der Waals surface area contributed by atoms with E-state index in [1.54, 1.807) is 20.1 Å². The minimum Gasteiger partial charge on any atom is -0.383 e. The van der Waals surface area contributed by atoms with Gasteiger partial charge < -0.3 is 20.3 Å². The minimum atomic E-state index is -0.313. The third kappa shape index (κ3) is 6.29. The number of aryl methyl sites for hydroxylation is 1. The summed E-state index contributed by atoms with van der Waals surface area (Å²) in [6.45, 7) is 4.17. The Kier molecular flexibility index (Phi) is 7.84. The van der Waals surface area contributed by atoms with Gasteiger partial charge in [0.1, 0.15) is 5.82 Å². The molecule has 1 saturated heterocycles. The molecule has 0 bridgehead atoms. The fraction of sp³-hybridized carbons (Fsp3) is 0.579. The first kappa shape index (κ1) is 20.2. The highest BCUT2D eigenvalue weighted by atomic mass is 19.1. The van der Waals surface area contributed by atoms with Gasteiger partial charge in [-0.3, -0.25) is 4.79 Å². The summed E-state index contributed by atoms with van der Waals surface area (Å²) in [5.74, 6) is -0.0788. The average Bonchev–Trinajstić information content (AvgIpc) is 2.63. The zero-order valence-electron chi connectivity index (χ0n) is 15.5. The Hall–Kier alpha value is -2.15. The molecule has 2 rings (SSSR count). The van der Waals surface area contributed by atoms with Crippen LogP contribution in [0.1, 0.15) is 31.2 Å². The lowest BCUT2D eigenvalue weighted by Gasteiger charge is -2.32. The summed E-state index contributed by atoms with van der Waals surface area (Å²) in [6.07, 6.45) is 3.08. The zero-order valence-corrected chi connectivity index (χ0v) is 15.5. The first-order valence-corrected chi connectivity index (χ1v) is 9.07. The van der Waals surface area contributed by atoms with E-state index >= 15 is 0 Å². The van der Waals surface area contributed by atoms with Crippen molar-refractivity contribution in [1.29, 1.82) is 0 Å². The van der Waals surface area contributed by atoms with Crippen LogP contribution in [0.15, 0.2) is 18.2 Å². The lowest BCUT2D eigenvalue weighted by Crippen LogP contribution is -2.46. The first-order valence-electron chi connectivity index (χ1n) is 9.07. The molecule has 26 heavy (non-hydrogen) atoms. The number of piperidine rings is 1. The number of likely N-dealkylation sites (tertiary alicyclic amines) is 1. The lowest BCUT2D eigenvalue weighted by molar-refractivity contribution is -0.116. The third-order valence-electron chi connectivity index (χ3n) is 4.63. The summed E-state index contributed by atoms with van der Waals surface area (Å²) in [5.41, 5.74) is 1.34. The molecule has 144 valence electrons. The molecule has 1 fully saturated rings. The number of carbonyl (C=O) groups is 2. The van der Waals surface area contributed by atoms with Gasteiger partial charge in [-0.25, -0.2) is 9.18 Å². The van der Waals surface area contributed by atoms with Gasteiger partial charge in [-0.15, -0.1) is 0 Å². The van der Waals surface area contributed by atoms with Crippen LogP contribution in [0, 0.1) is 18.7 Å². The molecule has 0 saturated carbocycles. The summed E-state index contributed by atoms with van der Waals surface area (Å²) in [7, 11) is 1.60. The van der Waals surface area contributed by atoms with Crippen molar-refractivity contribution in [1.82, 2.24) is 10.2 Å². The SMILES string of the molecule is COCCNC(=O)N1CCC[C@@H](CCC(=O)Nc2ccc(F)cc2C)C1. The Bertz CT molecular complexity index is 624. The van der Waals surface area contributed by atoms with E-state index in [4.69, 9.17) is 4.74 Å². The van der Waals surface area contributed by atoms with Gasteiger partial charge in [-0.05, 0) is 55.9 Å². The van der Waals surface area contributed by atoms with Gasteiger partial charge >= 0.3 is 6.03 Å². The number of hydrogen-bond donors (Lipinski definition) is 2. The van der Waals surface area contributed by atoms with Crippen LogP contribution >= 0.6 is 0 Å². The van der Waals surface area contributed by atoms with Gasteiger partial charge in [0.15, 0.2) is 0 Å². The van der Waals surface area contributed by atoms with Crippen molar-refractivity contribution < 1.29 is 18.7 Å². The lowest BCUT2D eigenvalue weighted by atomic mass is 9.93. The number of halogens is 1. The normalized spacial score (nSPS) is 17.0. The van der Waals surface area contributed by atoms with E-state index < -0.39 is 0 Å². The summed E-state index contributed by atoms with van der Waals surface area (Å²) in [6, 6.07) is 4.24. The van der Waals surface area contributed by atoms with E-state index in [-0.39, 0.29) is 17.8 Å². The number of nitrogens with zero attached hydrogens (tertiary/aromatic N) is 1. The maximum absolute atomic E-state index is 13.1. The maximum Gasteiger partial charge on any atom is 0.317 e. The molecule has 0 spiro atoms. The summed E-state index contributed by atoms with van der Waals surface area (Å²) in [4.78, 5) is 26.1. The molecular weight excluding hydrogens is 337 g/mol. The maximum atomic E-state index is 13.1. The van der Waals surface area contributed by atoms with Gasteiger partial charge in [0, 0.05) is 38.9 Å². The zero-order chi connectivity index (χ0) is 18.9. The van der Waals surface area contributed by atoms with E-state index in [0.717, 1.165) is 25.8 Å². The summed E-state index contributed by atoms with van der Waals surface area (Å²) in [5, 5.41) is 5.67. The predicted octanol–water partition coefficient (Wildman–Crippen LogP) is 2.92. The third-order valence-corrected chi connectivity index (χ3v) is 4.63. The standard InChI is InChI=1S/C19H28FN3O3/c1-14-12-16(20)6-7-17(14)22-18(24)8-5-15-4-3-10-23(13-15)19(25)21-9-11-26-2/h6-7,12,15H,3-5,8-11,13H2,1-2H3,(H,21,25)(H,22,24)/t15-/m0/s1. The van der Waals surface area contributed by atoms with Crippen molar-refractivity contribution in [2.75, 3.05) is 38.7 Å². The van der Waals surface area contributed by atoms with Crippen LogP contribution in [0.25, 0.3) is 0 Å². The highest BCUT2D eigenvalue weighted by Crippen LogP contribution is 2.22. The van der Waals surface area contributed by atoms with Gasteiger partial charge in [0.05, 0.1) is 6.61 Å². The van der Waals surface area contributed by atoms with Crippen LogP contribution in [-0.4, -0.2) is 50.2 Å². The van der Waals surface area contributed by atoms with Crippen molar-refractivity contribution in [3.05, 3.63) is 29.6 Å². The van der Waals surface area contributed by atoms with Crippen LogP contribution in [-0.2, 0) is 9.53 Å². The van der Waals surface area contributed by atoms with E-state index in [0.29, 0.717) is 43.3 Å². The monoisotopic (exact) mass is 365 g/mol. The smallest absolute Gasteiger partial charge is 0.317 e. The number of methoxy groups -OCH3 is 1. The number of amides is 3. The highest BCUT2D eigenvalue weighted by Gasteiger charge is 2.23. The molecule has 0 aromatic heterocycles. The largest absolute Gasteiger partial charge is 0.383 e. The summed E-state index contributed by atoms with van der Waals surface area (Å²) >= 11 is 0. The van der Waals surface area contributed by atoms with Crippen LogP contribution in [0.3, 0.4) is 0 Å². The molecule has 6 nitrogen and oxygen atoms in total. The second-order valence-electron chi connectivity index (χ2n) is 6.73. The number of rotatable bonds is 7. The second kappa shape index (κ2) is 10.1. The summed E-state index contributed by atoms with van der Waals surface area (Å²) < 4.78 is 18.0. The molecular formula is C19H28FN3O3. The topological polar surface area (TPSA) is 70.7 Å². The number of hydrogen-bond acceptors (Lipinski definition) is 3. The number of benzene rings is 1. The van der Waals surface area contributed by atoms with Crippen molar-refractivity contribution >= 4 is 17.6 Å². The van der Waals surface area contributed by atoms with E-state index in [1.807, 2.05) is 4.90 Å². The molecule has 1 atom stereocenters. The van der Waals surface area contributed by atoms with Crippen molar-refractivity contribution in [2.45, 2.75) is 32.6 Å². The van der Waals surface area contributed by atoms with Gasteiger partial charge in [-0.2, -0.15) is 0 Å². The Morgan fingerprint density at radius 2 is 2.19 bits per heavy atom. The first-order chi connectivity index (χ1) is 12.5. The van der Waals surface area contributed by atoms with Gasteiger partial charge in [0.25, 0.3) is 0 Å². The molecule has 7 heteroatoms. The number of carbonyl (C=O) groups excluding carboxylic acids is 2. The van der Waals surface area contributed by atoms with Gasteiger partial charge in [-0.1, -0.05) is 0 Å². The molecule has 3 amide bonds. The van der Waals surface area contributed by atoms with Gasteiger partial charge in [0.2, 0.25) is 5.91 Å². The Morgan fingerprint density at radius 3 is 2.92 bits per heavy atom. The minimum absolute atomic E-state index is 0.0712. The van der Waals surface area contributed by atoms with E-state index in [9.17, 15) is 14.0 Å². The predicted molar refractivity (Wildman–Crippen MR) is 98.6 cm³/mol. The highest BCUT2D eigenvalue weighted by molar-refractivity contribution is 5.91.